The Morgan fingerprint density at radius 2 is 1.32 bits per heavy atom. The molecule has 0 radical (unpaired) electrons. The van der Waals surface area contributed by atoms with E-state index in [-0.39, 0.29) is 0 Å². The average molecular weight is 387 g/mol. The van der Waals surface area contributed by atoms with Gasteiger partial charge in [-0.3, -0.25) is 0 Å². The molecule has 2 nitrogen and oxygen atoms in total. The third kappa shape index (κ3) is 3.36. The fraction of sp³-hybridized carbons (Fsp3) is 0.160. The molecule has 3 heteroatoms. The Morgan fingerprint density at radius 3 is 1.82 bits per heavy atom. The van der Waals surface area contributed by atoms with Crippen LogP contribution in [0, 0.1) is 0 Å². The summed E-state index contributed by atoms with van der Waals surface area (Å²) >= 11 is 5.87. The Hall–Kier alpha value is -2.84. The average Bonchev–Trinajstić information content (AvgIpc) is 3.30. The van der Waals surface area contributed by atoms with Crippen LogP contribution in [-0.2, 0) is 12.0 Å². The third-order valence-electron chi connectivity index (χ3n) is 5.25. The summed E-state index contributed by atoms with van der Waals surface area (Å²) in [5.41, 5.74) is 4.44. The van der Waals surface area contributed by atoms with E-state index in [1.165, 1.54) is 22.3 Å². The Balaban J connectivity index is 1.96. The van der Waals surface area contributed by atoms with Crippen LogP contribution in [0.3, 0.4) is 0 Å². The minimum absolute atomic E-state index is 0.482. The molecule has 0 unspecified atom stereocenters. The van der Waals surface area contributed by atoms with Crippen LogP contribution in [0.5, 0.6) is 0 Å². The number of benzene rings is 3. The van der Waals surface area contributed by atoms with Crippen LogP contribution in [0.4, 0.5) is 0 Å². The number of hydrogen-bond donors (Lipinski definition) is 0. The molecule has 0 aliphatic carbocycles. The van der Waals surface area contributed by atoms with Crippen LogP contribution in [0.15, 0.2) is 104 Å². The molecule has 0 aliphatic heterocycles. The van der Waals surface area contributed by atoms with Gasteiger partial charge in [0.25, 0.3) is 0 Å². The first-order chi connectivity index (χ1) is 13.9. The van der Waals surface area contributed by atoms with E-state index in [4.69, 9.17) is 11.6 Å². The highest BCUT2D eigenvalue weighted by atomic mass is 35.5. The fourth-order valence-corrected chi connectivity index (χ4v) is 4.08. The lowest BCUT2D eigenvalue weighted by molar-refractivity contribution is 0.514. The molecule has 0 amide bonds. The van der Waals surface area contributed by atoms with E-state index in [0.717, 1.165) is 12.8 Å². The van der Waals surface area contributed by atoms with Crippen molar-refractivity contribution in [3.05, 3.63) is 126 Å². The van der Waals surface area contributed by atoms with Crippen molar-refractivity contribution in [3.63, 3.8) is 0 Å². The molecule has 0 saturated heterocycles. The van der Waals surface area contributed by atoms with Crippen molar-refractivity contribution < 1.29 is 0 Å². The van der Waals surface area contributed by atoms with Gasteiger partial charge in [0.05, 0.1) is 6.33 Å². The summed E-state index contributed by atoms with van der Waals surface area (Å²) < 4.78 is 2.20. The van der Waals surface area contributed by atoms with Crippen molar-refractivity contribution >= 4 is 11.6 Å². The lowest BCUT2D eigenvalue weighted by Crippen LogP contribution is -2.36. The summed E-state index contributed by atoms with van der Waals surface area (Å²) in [7, 11) is 0. The molecular weight excluding hydrogens is 364 g/mol. The zero-order chi connectivity index (χ0) is 19.2. The molecule has 0 fully saturated rings. The number of halogens is 1. The standard InChI is InChI=1S/C25H23ClN2/c26-17-7-8-21-13-15-24(16-14-21)25(28-19-18-27-20-28,22-9-3-1-4-10-22)23-11-5-2-6-12-23/h1-6,9-16,18-20H,7-8,17H2. The Labute approximate surface area is 171 Å². The van der Waals surface area contributed by atoms with Gasteiger partial charge in [0.15, 0.2) is 0 Å². The highest BCUT2D eigenvalue weighted by molar-refractivity contribution is 6.17. The van der Waals surface area contributed by atoms with Crippen molar-refractivity contribution in [3.8, 4) is 0 Å². The molecule has 28 heavy (non-hydrogen) atoms. The molecular formula is C25H23ClN2. The maximum absolute atomic E-state index is 5.87. The van der Waals surface area contributed by atoms with Crippen molar-refractivity contribution in [2.45, 2.75) is 18.4 Å². The molecule has 0 bridgehead atoms. The van der Waals surface area contributed by atoms with Crippen LogP contribution < -0.4 is 0 Å². The largest absolute Gasteiger partial charge is 0.319 e. The Bertz CT molecular complexity index is 938. The topological polar surface area (TPSA) is 17.8 Å². The van der Waals surface area contributed by atoms with Gasteiger partial charge in [0.1, 0.15) is 5.54 Å². The zero-order valence-corrected chi connectivity index (χ0v) is 16.5. The molecule has 0 saturated carbocycles. The fourth-order valence-electron chi connectivity index (χ4n) is 3.95. The lowest BCUT2D eigenvalue weighted by Gasteiger charge is -2.37. The molecule has 0 spiro atoms. The van der Waals surface area contributed by atoms with Gasteiger partial charge in [-0.05, 0) is 35.1 Å². The first-order valence-electron chi connectivity index (χ1n) is 9.60. The van der Waals surface area contributed by atoms with Crippen LogP contribution in [0.25, 0.3) is 0 Å². The molecule has 1 heterocycles. The highest BCUT2D eigenvalue weighted by Crippen LogP contribution is 2.40. The van der Waals surface area contributed by atoms with E-state index in [1.54, 1.807) is 0 Å². The third-order valence-corrected chi connectivity index (χ3v) is 5.51. The van der Waals surface area contributed by atoms with Crippen molar-refractivity contribution in [2.24, 2.45) is 0 Å². The summed E-state index contributed by atoms with van der Waals surface area (Å²) in [5.74, 6) is 0.689. The Morgan fingerprint density at radius 1 is 0.750 bits per heavy atom. The molecule has 0 N–H and O–H groups in total. The number of aryl methyl sites for hydroxylation is 1. The summed E-state index contributed by atoms with van der Waals surface area (Å²) in [5, 5.41) is 0. The predicted molar refractivity (Wildman–Crippen MR) is 116 cm³/mol. The van der Waals surface area contributed by atoms with Gasteiger partial charge in [-0.2, -0.15) is 0 Å². The van der Waals surface area contributed by atoms with E-state index >= 15 is 0 Å². The molecule has 1 aromatic heterocycles. The van der Waals surface area contributed by atoms with Gasteiger partial charge in [0, 0.05) is 18.3 Å². The predicted octanol–water partition coefficient (Wildman–Crippen LogP) is 5.89. The monoisotopic (exact) mass is 386 g/mol. The molecule has 4 rings (SSSR count). The molecule has 140 valence electrons. The summed E-state index contributed by atoms with van der Waals surface area (Å²) in [4.78, 5) is 4.37. The van der Waals surface area contributed by atoms with Gasteiger partial charge in [-0.15, -0.1) is 11.6 Å². The number of rotatable bonds is 7. The second-order valence-electron chi connectivity index (χ2n) is 6.90. The maximum atomic E-state index is 5.87. The minimum atomic E-state index is -0.482. The van der Waals surface area contributed by atoms with Gasteiger partial charge in [0.2, 0.25) is 0 Å². The first-order valence-corrected chi connectivity index (χ1v) is 10.1. The first kappa shape index (κ1) is 18.5. The van der Waals surface area contributed by atoms with E-state index in [0.29, 0.717) is 5.88 Å². The molecule has 0 atom stereocenters. The van der Waals surface area contributed by atoms with E-state index < -0.39 is 5.54 Å². The number of hydrogen-bond acceptors (Lipinski definition) is 1. The van der Waals surface area contributed by atoms with E-state index in [2.05, 4.69) is 94.5 Å². The smallest absolute Gasteiger partial charge is 0.121 e. The molecule has 0 aliphatic rings. The summed E-state index contributed by atoms with van der Waals surface area (Å²) in [6.07, 6.45) is 7.78. The van der Waals surface area contributed by atoms with Gasteiger partial charge >= 0.3 is 0 Å². The number of aromatic nitrogens is 2. The normalized spacial score (nSPS) is 11.5. The summed E-state index contributed by atoms with van der Waals surface area (Å²) in [6, 6.07) is 30.2. The van der Waals surface area contributed by atoms with Crippen molar-refractivity contribution in [2.75, 3.05) is 5.88 Å². The van der Waals surface area contributed by atoms with Crippen LogP contribution in [0.1, 0.15) is 28.7 Å². The highest BCUT2D eigenvalue weighted by Gasteiger charge is 2.37. The molecule has 3 aromatic carbocycles. The number of alkyl halides is 1. The van der Waals surface area contributed by atoms with Crippen molar-refractivity contribution in [1.29, 1.82) is 0 Å². The van der Waals surface area contributed by atoms with Gasteiger partial charge < -0.3 is 4.57 Å². The summed E-state index contributed by atoms with van der Waals surface area (Å²) in [6.45, 7) is 0. The second-order valence-corrected chi connectivity index (χ2v) is 7.28. The lowest BCUT2D eigenvalue weighted by atomic mass is 9.76. The van der Waals surface area contributed by atoms with Gasteiger partial charge in [-0.25, -0.2) is 4.98 Å². The van der Waals surface area contributed by atoms with Gasteiger partial charge in [-0.1, -0.05) is 84.9 Å². The molecule has 4 aromatic rings. The maximum Gasteiger partial charge on any atom is 0.121 e. The zero-order valence-electron chi connectivity index (χ0n) is 15.7. The SMILES string of the molecule is ClCCCc1ccc(C(c2ccccc2)(c2ccccc2)n2ccnc2)cc1. The van der Waals surface area contributed by atoms with Crippen LogP contribution in [-0.4, -0.2) is 15.4 Å². The van der Waals surface area contributed by atoms with Crippen LogP contribution >= 0.6 is 11.6 Å². The quantitative estimate of drug-likeness (QED) is 0.286. The Kier molecular flexibility index (Phi) is 5.59. The van der Waals surface area contributed by atoms with E-state index in [9.17, 15) is 0 Å². The van der Waals surface area contributed by atoms with E-state index in [1.807, 2.05) is 18.7 Å². The van der Waals surface area contributed by atoms with Crippen molar-refractivity contribution in [1.82, 2.24) is 9.55 Å². The minimum Gasteiger partial charge on any atom is -0.319 e. The van der Waals surface area contributed by atoms with Crippen LogP contribution in [0.2, 0.25) is 0 Å². The number of nitrogens with zero attached hydrogens (tertiary/aromatic N) is 2. The number of imidazole rings is 1. The second kappa shape index (κ2) is 8.45.